The van der Waals surface area contributed by atoms with Crippen LogP contribution in [0.3, 0.4) is 0 Å². The smallest absolute Gasteiger partial charge is 0.335 e. The summed E-state index contributed by atoms with van der Waals surface area (Å²) in [7, 11) is 1.84. The Bertz CT molecular complexity index is 544. The molecule has 1 aromatic rings. The van der Waals surface area contributed by atoms with E-state index < -0.39 is 5.97 Å². The molecule has 120 valence electrons. The van der Waals surface area contributed by atoms with Crippen molar-refractivity contribution in [2.24, 2.45) is 11.3 Å². The molecule has 0 unspecified atom stereocenters. The average molecular weight is 303 g/mol. The molecule has 0 spiro atoms. The number of rotatable bonds is 6. The minimum absolute atomic E-state index is 0.163. The lowest BCUT2D eigenvalue weighted by atomic mass is 9.63. The first-order valence-electron chi connectivity index (χ1n) is 7.92. The van der Waals surface area contributed by atoms with Gasteiger partial charge in [0.25, 0.3) is 0 Å². The highest BCUT2D eigenvalue weighted by Gasteiger charge is 2.45. The topological polar surface area (TPSA) is 57.6 Å². The number of benzene rings is 1. The number of nitrogens with zero attached hydrogens (tertiary/aromatic N) is 1. The van der Waals surface area contributed by atoms with Crippen molar-refractivity contribution >= 4 is 11.9 Å². The van der Waals surface area contributed by atoms with Gasteiger partial charge in [0, 0.05) is 19.0 Å². The number of carbonyl (C=O) groups excluding carboxylic acids is 1. The molecule has 1 amide bonds. The molecule has 0 atom stereocenters. The minimum Gasteiger partial charge on any atom is -0.478 e. The molecular formula is C18H25NO3. The Morgan fingerprint density at radius 1 is 1.23 bits per heavy atom. The molecule has 1 aliphatic rings. The maximum Gasteiger partial charge on any atom is 0.335 e. The van der Waals surface area contributed by atoms with E-state index in [4.69, 9.17) is 5.11 Å². The third kappa shape index (κ3) is 3.49. The third-order valence-electron chi connectivity index (χ3n) is 4.53. The Morgan fingerprint density at radius 2 is 1.82 bits per heavy atom. The minimum atomic E-state index is -0.929. The second kappa shape index (κ2) is 6.51. The van der Waals surface area contributed by atoms with Crippen LogP contribution in [-0.2, 0) is 11.3 Å². The summed E-state index contributed by atoms with van der Waals surface area (Å²) in [6.07, 6.45) is 4.08. The highest BCUT2D eigenvalue weighted by Crippen LogP contribution is 2.47. The zero-order valence-corrected chi connectivity index (χ0v) is 13.6. The van der Waals surface area contributed by atoms with Crippen LogP contribution in [0.4, 0.5) is 0 Å². The van der Waals surface area contributed by atoms with Gasteiger partial charge >= 0.3 is 5.97 Å². The monoisotopic (exact) mass is 303 g/mol. The van der Waals surface area contributed by atoms with Crippen molar-refractivity contribution in [1.82, 2.24) is 4.90 Å². The fraction of sp³-hybridized carbons (Fsp3) is 0.556. The summed E-state index contributed by atoms with van der Waals surface area (Å²) in [5.41, 5.74) is 1.07. The van der Waals surface area contributed by atoms with Gasteiger partial charge in [0.1, 0.15) is 0 Å². The van der Waals surface area contributed by atoms with Crippen LogP contribution >= 0.6 is 0 Å². The van der Waals surface area contributed by atoms with E-state index in [9.17, 15) is 9.59 Å². The van der Waals surface area contributed by atoms with Crippen molar-refractivity contribution in [2.45, 2.75) is 46.1 Å². The van der Waals surface area contributed by atoms with E-state index in [1.807, 2.05) is 7.05 Å². The van der Waals surface area contributed by atoms with Gasteiger partial charge < -0.3 is 10.0 Å². The van der Waals surface area contributed by atoms with Crippen molar-refractivity contribution in [1.29, 1.82) is 0 Å². The lowest BCUT2D eigenvalue weighted by Gasteiger charge is -2.44. The number of carbonyl (C=O) groups is 2. The van der Waals surface area contributed by atoms with Gasteiger partial charge in [0.2, 0.25) is 5.91 Å². The van der Waals surface area contributed by atoms with Crippen molar-refractivity contribution in [3.63, 3.8) is 0 Å². The Morgan fingerprint density at radius 3 is 2.23 bits per heavy atom. The second-order valence-corrected chi connectivity index (χ2v) is 6.90. The maximum atomic E-state index is 12.8. The Kier molecular flexibility index (Phi) is 4.89. The van der Waals surface area contributed by atoms with Crippen molar-refractivity contribution < 1.29 is 14.7 Å². The van der Waals surface area contributed by atoms with Crippen LogP contribution in [0.1, 0.15) is 55.5 Å². The van der Waals surface area contributed by atoms with Crippen LogP contribution in [0.25, 0.3) is 0 Å². The van der Waals surface area contributed by atoms with Gasteiger partial charge in [-0.05, 0) is 42.9 Å². The average Bonchev–Trinajstić information content (AvgIpc) is 2.42. The Labute approximate surface area is 132 Å². The standard InChI is InChI=1S/C18H25NO3/c1-13(2)11-18(9-4-10-18)17(22)19(3)12-14-5-7-15(8-6-14)16(20)21/h5-8,13H,4,9-12H2,1-3H3,(H,20,21). The molecule has 0 heterocycles. The van der Waals surface area contributed by atoms with Crippen LogP contribution in [-0.4, -0.2) is 28.9 Å². The second-order valence-electron chi connectivity index (χ2n) is 6.90. The zero-order chi connectivity index (χ0) is 16.3. The molecule has 4 heteroatoms. The van der Waals surface area contributed by atoms with Gasteiger partial charge in [-0.1, -0.05) is 32.4 Å². The molecule has 0 bridgehead atoms. The number of carboxylic acids is 1. The van der Waals surface area contributed by atoms with Crippen molar-refractivity contribution in [2.75, 3.05) is 7.05 Å². The van der Waals surface area contributed by atoms with Gasteiger partial charge in [-0.25, -0.2) is 4.79 Å². The summed E-state index contributed by atoms with van der Waals surface area (Å²) in [4.78, 5) is 25.4. The molecule has 1 aliphatic carbocycles. The summed E-state index contributed by atoms with van der Waals surface area (Å²) in [6, 6.07) is 6.73. The van der Waals surface area contributed by atoms with Crippen LogP contribution in [0.15, 0.2) is 24.3 Å². The summed E-state index contributed by atoms with van der Waals surface area (Å²) in [5, 5.41) is 8.91. The first-order valence-corrected chi connectivity index (χ1v) is 7.92. The Balaban J connectivity index is 2.03. The molecule has 1 N–H and O–H groups in total. The van der Waals surface area contributed by atoms with E-state index in [2.05, 4.69) is 13.8 Å². The molecular weight excluding hydrogens is 278 g/mol. The van der Waals surface area contributed by atoms with E-state index in [0.717, 1.165) is 31.2 Å². The van der Waals surface area contributed by atoms with Gasteiger partial charge in [-0.15, -0.1) is 0 Å². The predicted octanol–water partition coefficient (Wildman–Crippen LogP) is 3.56. The van der Waals surface area contributed by atoms with Crippen LogP contribution in [0.5, 0.6) is 0 Å². The molecule has 0 aromatic heterocycles. The van der Waals surface area contributed by atoms with E-state index in [1.165, 1.54) is 0 Å². The molecule has 0 aliphatic heterocycles. The molecule has 0 radical (unpaired) electrons. The summed E-state index contributed by atoms with van der Waals surface area (Å²) >= 11 is 0. The number of hydrogen-bond donors (Lipinski definition) is 1. The van der Waals surface area contributed by atoms with E-state index in [-0.39, 0.29) is 16.9 Å². The number of hydrogen-bond acceptors (Lipinski definition) is 2. The fourth-order valence-corrected chi connectivity index (χ4v) is 3.39. The normalized spacial score (nSPS) is 16.2. The van der Waals surface area contributed by atoms with Gasteiger partial charge in [0.15, 0.2) is 0 Å². The highest BCUT2D eigenvalue weighted by atomic mass is 16.4. The van der Waals surface area contributed by atoms with Gasteiger partial charge in [0.05, 0.1) is 5.56 Å². The largest absolute Gasteiger partial charge is 0.478 e. The van der Waals surface area contributed by atoms with E-state index >= 15 is 0 Å². The van der Waals surface area contributed by atoms with Crippen molar-refractivity contribution in [3.8, 4) is 0 Å². The number of aromatic carboxylic acids is 1. The molecule has 2 rings (SSSR count). The Hall–Kier alpha value is -1.84. The zero-order valence-electron chi connectivity index (χ0n) is 13.6. The van der Waals surface area contributed by atoms with Crippen molar-refractivity contribution in [3.05, 3.63) is 35.4 Å². The maximum absolute atomic E-state index is 12.8. The SMILES string of the molecule is CC(C)CC1(C(=O)N(C)Cc2ccc(C(=O)O)cc2)CCC1. The molecule has 1 saturated carbocycles. The molecule has 1 aromatic carbocycles. The summed E-state index contributed by atoms with van der Waals surface area (Å²) in [6.45, 7) is 4.86. The quantitative estimate of drug-likeness (QED) is 0.874. The highest BCUT2D eigenvalue weighted by molar-refractivity contribution is 5.87. The number of amides is 1. The first-order chi connectivity index (χ1) is 10.3. The summed E-state index contributed by atoms with van der Waals surface area (Å²) in [5.74, 6) is -0.177. The van der Waals surface area contributed by atoms with E-state index in [0.29, 0.717) is 12.5 Å². The number of carboxylic acid groups (broad SMARTS) is 1. The van der Waals surface area contributed by atoms with Gasteiger partial charge in [-0.3, -0.25) is 4.79 Å². The molecule has 0 saturated heterocycles. The summed E-state index contributed by atoms with van der Waals surface area (Å²) < 4.78 is 0. The first kappa shape index (κ1) is 16.5. The molecule has 1 fully saturated rings. The van der Waals surface area contributed by atoms with Crippen LogP contribution < -0.4 is 0 Å². The lowest BCUT2D eigenvalue weighted by molar-refractivity contribution is -0.148. The third-order valence-corrected chi connectivity index (χ3v) is 4.53. The van der Waals surface area contributed by atoms with Gasteiger partial charge in [-0.2, -0.15) is 0 Å². The lowest BCUT2D eigenvalue weighted by Crippen LogP contribution is -2.46. The van der Waals surface area contributed by atoms with Crippen LogP contribution in [0.2, 0.25) is 0 Å². The van der Waals surface area contributed by atoms with Crippen LogP contribution in [0, 0.1) is 11.3 Å². The molecule has 22 heavy (non-hydrogen) atoms. The predicted molar refractivity (Wildman–Crippen MR) is 85.6 cm³/mol. The molecule has 4 nitrogen and oxygen atoms in total. The fourth-order valence-electron chi connectivity index (χ4n) is 3.39. The van der Waals surface area contributed by atoms with E-state index in [1.54, 1.807) is 29.2 Å².